The lowest BCUT2D eigenvalue weighted by atomic mass is 10.1. The third-order valence-corrected chi connectivity index (χ3v) is 1.38. The normalized spacial score (nSPS) is 23.7. The molecule has 4 N–H and O–H groups in total. The Morgan fingerprint density at radius 2 is 2.10 bits per heavy atom. The second-order valence-corrected chi connectivity index (χ2v) is 2.09. The van der Waals surface area contributed by atoms with Crippen LogP contribution in [-0.2, 0) is 0 Å². The highest BCUT2D eigenvalue weighted by Crippen LogP contribution is 1.98. The van der Waals surface area contributed by atoms with E-state index in [9.17, 15) is 0 Å². The average Bonchev–Trinajstić information content (AvgIpc) is 1.77. The van der Waals surface area contributed by atoms with E-state index in [0.717, 1.165) is 19.4 Å². The van der Waals surface area contributed by atoms with Crippen molar-refractivity contribution in [1.82, 2.24) is 5.32 Å². The molecule has 1 saturated heterocycles. The first kappa shape index (κ1) is 12.7. The minimum Gasteiger partial charge on any atom is -0.373 e. The SMILES string of the molecule is Cl.Cl.N=C1NCCCC1N. The molecule has 3 nitrogen and oxygen atoms in total. The molecule has 0 aliphatic carbocycles. The summed E-state index contributed by atoms with van der Waals surface area (Å²) in [7, 11) is 0. The summed E-state index contributed by atoms with van der Waals surface area (Å²) in [6.45, 7) is 0.923. The lowest BCUT2D eigenvalue weighted by Crippen LogP contribution is -2.44. The van der Waals surface area contributed by atoms with E-state index in [-0.39, 0.29) is 30.9 Å². The van der Waals surface area contributed by atoms with E-state index in [4.69, 9.17) is 11.1 Å². The summed E-state index contributed by atoms with van der Waals surface area (Å²) in [5.41, 5.74) is 5.49. The van der Waals surface area contributed by atoms with Gasteiger partial charge in [-0.1, -0.05) is 0 Å². The Hall–Kier alpha value is 0.01000. The van der Waals surface area contributed by atoms with E-state index < -0.39 is 0 Å². The molecule has 1 fully saturated rings. The van der Waals surface area contributed by atoms with Crippen LogP contribution in [0.25, 0.3) is 0 Å². The highest BCUT2D eigenvalue weighted by Gasteiger charge is 2.12. The van der Waals surface area contributed by atoms with Gasteiger partial charge in [-0.2, -0.15) is 0 Å². The average molecular weight is 186 g/mol. The fraction of sp³-hybridized carbons (Fsp3) is 0.800. The highest BCUT2D eigenvalue weighted by molar-refractivity contribution is 5.85. The van der Waals surface area contributed by atoms with Crippen LogP contribution < -0.4 is 11.1 Å². The summed E-state index contributed by atoms with van der Waals surface area (Å²) in [5.74, 6) is 0.497. The van der Waals surface area contributed by atoms with Crippen LogP contribution in [0.15, 0.2) is 0 Å². The molecular formula is C5H13Cl2N3. The zero-order valence-corrected chi connectivity index (χ0v) is 7.23. The van der Waals surface area contributed by atoms with Gasteiger partial charge in [0.1, 0.15) is 5.84 Å². The quantitative estimate of drug-likeness (QED) is 0.516. The Kier molecular flexibility index (Phi) is 7.31. The lowest BCUT2D eigenvalue weighted by molar-refractivity contribution is 0.604. The Morgan fingerprint density at radius 1 is 1.50 bits per heavy atom. The summed E-state index contributed by atoms with van der Waals surface area (Å²) < 4.78 is 0. The Morgan fingerprint density at radius 3 is 2.40 bits per heavy atom. The van der Waals surface area contributed by atoms with E-state index in [2.05, 4.69) is 5.32 Å². The number of piperidine rings is 1. The van der Waals surface area contributed by atoms with Gasteiger partial charge in [-0.05, 0) is 12.8 Å². The summed E-state index contributed by atoms with van der Waals surface area (Å²) in [5, 5.41) is 10.0. The molecule has 0 aromatic heterocycles. The largest absolute Gasteiger partial charge is 0.373 e. The van der Waals surface area contributed by atoms with Crippen molar-refractivity contribution >= 4 is 30.6 Å². The molecule has 1 aliphatic rings. The van der Waals surface area contributed by atoms with Gasteiger partial charge in [-0.25, -0.2) is 0 Å². The molecule has 10 heavy (non-hydrogen) atoms. The molecule has 1 heterocycles. The van der Waals surface area contributed by atoms with Crippen LogP contribution in [0.5, 0.6) is 0 Å². The number of nitrogens with two attached hydrogens (primary N) is 1. The standard InChI is InChI=1S/C5H11N3.2ClH/c6-4-2-1-3-8-5(4)7;;/h4H,1-3,6H2,(H2,7,8);2*1H. The van der Waals surface area contributed by atoms with E-state index in [0.29, 0.717) is 5.84 Å². The van der Waals surface area contributed by atoms with Crippen molar-refractivity contribution < 1.29 is 0 Å². The van der Waals surface area contributed by atoms with Crippen molar-refractivity contribution in [2.45, 2.75) is 18.9 Å². The number of halogens is 2. The van der Waals surface area contributed by atoms with Crippen molar-refractivity contribution in [3.8, 4) is 0 Å². The zero-order chi connectivity index (χ0) is 5.98. The molecule has 0 bridgehead atoms. The van der Waals surface area contributed by atoms with Crippen LogP contribution in [0.2, 0.25) is 0 Å². The van der Waals surface area contributed by atoms with Gasteiger partial charge in [-0.15, -0.1) is 24.8 Å². The summed E-state index contributed by atoms with van der Waals surface area (Å²) in [4.78, 5) is 0. The topological polar surface area (TPSA) is 61.9 Å². The highest BCUT2D eigenvalue weighted by atomic mass is 35.5. The summed E-state index contributed by atoms with van der Waals surface area (Å²) in [6, 6.07) is -0.0243. The van der Waals surface area contributed by atoms with Crippen molar-refractivity contribution in [1.29, 1.82) is 5.41 Å². The van der Waals surface area contributed by atoms with Crippen molar-refractivity contribution in [3.63, 3.8) is 0 Å². The molecule has 0 amide bonds. The van der Waals surface area contributed by atoms with Crippen LogP contribution in [0, 0.1) is 5.41 Å². The van der Waals surface area contributed by atoms with Crippen LogP contribution in [0.3, 0.4) is 0 Å². The fourth-order valence-electron chi connectivity index (χ4n) is 0.820. The Bertz CT molecular complexity index is 107. The molecule has 1 unspecified atom stereocenters. The second-order valence-electron chi connectivity index (χ2n) is 2.09. The molecular weight excluding hydrogens is 173 g/mol. The van der Waals surface area contributed by atoms with Gasteiger partial charge in [-0.3, -0.25) is 5.41 Å². The number of hydrogen-bond donors (Lipinski definition) is 3. The van der Waals surface area contributed by atoms with Crippen LogP contribution >= 0.6 is 24.8 Å². The summed E-state index contributed by atoms with van der Waals surface area (Å²) in [6.07, 6.45) is 2.06. The van der Waals surface area contributed by atoms with E-state index in [1.807, 2.05) is 0 Å². The molecule has 0 saturated carbocycles. The molecule has 62 valence electrons. The molecule has 1 aliphatic heterocycles. The number of hydrogen-bond acceptors (Lipinski definition) is 2. The number of rotatable bonds is 0. The third kappa shape index (κ3) is 3.25. The molecule has 0 aromatic rings. The molecule has 5 heteroatoms. The van der Waals surface area contributed by atoms with Gasteiger partial charge in [0.25, 0.3) is 0 Å². The first-order valence-electron chi connectivity index (χ1n) is 2.88. The zero-order valence-electron chi connectivity index (χ0n) is 5.59. The van der Waals surface area contributed by atoms with Crippen molar-refractivity contribution in [2.24, 2.45) is 5.73 Å². The Labute approximate surface area is 73.1 Å². The van der Waals surface area contributed by atoms with Gasteiger partial charge in [0.15, 0.2) is 0 Å². The smallest absolute Gasteiger partial charge is 0.110 e. The van der Waals surface area contributed by atoms with Crippen molar-refractivity contribution in [2.75, 3.05) is 6.54 Å². The van der Waals surface area contributed by atoms with Crippen LogP contribution in [-0.4, -0.2) is 18.4 Å². The maximum Gasteiger partial charge on any atom is 0.110 e. The van der Waals surface area contributed by atoms with E-state index in [1.165, 1.54) is 0 Å². The van der Waals surface area contributed by atoms with Gasteiger partial charge in [0.05, 0.1) is 6.04 Å². The van der Waals surface area contributed by atoms with E-state index in [1.54, 1.807) is 0 Å². The van der Waals surface area contributed by atoms with E-state index >= 15 is 0 Å². The monoisotopic (exact) mass is 185 g/mol. The minimum absolute atomic E-state index is 0. The number of nitrogens with one attached hydrogen (secondary N) is 2. The third-order valence-electron chi connectivity index (χ3n) is 1.38. The first-order chi connectivity index (χ1) is 3.80. The van der Waals surface area contributed by atoms with Gasteiger partial charge in [0, 0.05) is 6.54 Å². The van der Waals surface area contributed by atoms with Crippen LogP contribution in [0.1, 0.15) is 12.8 Å². The predicted molar refractivity (Wildman–Crippen MR) is 47.4 cm³/mol. The molecule has 0 spiro atoms. The maximum atomic E-state index is 7.16. The molecule has 0 radical (unpaired) electrons. The predicted octanol–water partition coefficient (Wildman–Crippen LogP) is 0.518. The molecule has 0 aromatic carbocycles. The lowest BCUT2D eigenvalue weighted by Gasteiger charge is -2.19. The van der Waals surface area contributed by atoms with Crippen LogP contribution in [0.4, 0.5) is 0 Å². The van der Waals surface area contributed by atoms with Gasteiger partial charge in [0.2, 0.25) is 0 Å². The van der Waals surface area contributed by atoms with Crippen molar-refractivity contribution in [3.05, 3.63) is 0 Å². The van der Waals surface area contributed by atoms with Gasteiger partial charge < -0.3 is 11.1 Å². The number of amidine groups is 1. The summed E-state index contributed by atoms with van der Waals surface area (Å²) >= 11 is 0. The first-order valence-corrected chi connectivity index (χ1v) is 2.88. The fourth-order valence-corrected chi connectivity index (χ4v) is 0.820. The molecule has 1 atom stereocenters. The second kappa shape index (κ2) is 5.77. The maximum absolute atomic E-state index is 7.16. The molecule has 1 rings (SSSR count). The minimum atomic E-state index is -0.0243. The Balaban J connectivity index is 0. The van der Waals surface area contributed by atoms with Gasteiger partial charge >= 0.3 is 0 Å².